The summed E-state index contributed by atoms with van der Waals surface area (Å²) in [6.07, 6.45) is 5.41. The molecule has 1 aliphatic heterocycles. The SMILES string of the molecule is CSCC[C@H](N)C(=O)N1CCc2ncccc2C1. The monoisotopic (exact) mass is 265 g/mol. The standard InChI is InChI=1S/C13H19N3OS/c1-18-8-5-11(14)13(17)16-7-4-12-10(9-16)3-2-6-15-12/h2-3,6,11H,4-5,7-9,14H2,1H3/t11-/m0/s1. The summed E-state index contributed by atoms with van der Waals surface area (Å²) in [5, 5.41) is 0. The van der Waals surface area contributed by atoms with Crippen LogP contribution in [-0.4, -0.2) is 40.4 Å². The number of rotatable bonds is 4. The van der Waals surface area contributed by atoms with Crippen LogP contribution in [-0.2, 0) is 17.8 Å². The van der Waals surface area contributed by atoms with Gasteiger partial charge in [-0.2, -0.15) is 11.8 Å². The third-order valence-electron chi connectivity index (χ3n) is 3.23. The minimum absolute atomic E-state index is 0.0681. The number of nitrogens with zero attached hydrogens (tertiary/aromatic N) is 2. The number of aromatic nitrogens is 1. The average Bonchev–Trinajstić information content (AvgIpc) is 2.43. The molecule has 1 atom stereocenters. The molecule has 0 unspecified atom stereocenters. The zero-order valence-electron chi connectivity index (χ0n) is 10.6. The van der Waals surface area contributed by atoms with E-state index in [4.69, 9.17) is 5.73 Å². The molecule has 1 amide bonds. The predicted octanol–water partition coefficient (Wildman–Crippen LogP) is 1.05. The van der Waals surface area contributed by atoms with Gasteiger partial charge in [0.25, 0.3) is 0 Å². The zero-order valence-corrected chi connectivity index (χ0v) is 11.4. The van der Waals surface area contributed by atoms with E-state index in [0.29, 0.717) is 6.54 Å². The van der Waals surface area contributed by atoms with E-state index in [0.717, 1.165) is 36.4 Å². The van der Waals surface area contributed by atoms with Crippen molar-refractivity contribution >= 4 is 17.7 Å². The molecule has 0 saturated carbocycles. The highest BCUT2D eigenvalue weighted by atomic mass is 32.2. The summed E-state index contributed by atoms with van der Waals surface area (Å²) in [7, 11) is 0. The van der Waals surface area contributed by atoms with E-state index < -0.39 is 0 Å². The van der Waals surface area contributed by atoms with E-state index in [2.05, 4.69) is 4.98 Å². The molecule has 0 spiro atoms. The summed E-state index contributed by atoms with van der Waals surface area (Å²) >= 11 is 1.72. The molecule has 0 fully saturated rings. The molecule has 2 rings (SSSR count). The summed E-state index contributed by atoms with van der Waals surface area (Å²) in [6, 6.07) is 3.59. The molecule has 18 heavy (non-hydrogen) atoms. The first kappa shape index (κ1) is 13.4. The number of nitrogens with two attached hydrogens (primary N) is 1. The van der Waals surface area contributed by atoms with Crippen LogP contribution in [0.3, 0.4) is 0 Å². The Morgan fingerprint density at radius 1 is 1.67 bits per heavy atom. The highest BCUT2D eigenvalue weighted by molar-refractivity contribution is 7.98. The van der Waals surface area contributed by atoms with Gasteiger partial charge in [0.1, 0.15) is 0 Å². The van der Waals surface area contributed by atoms with Crippen LogP contribution in [0.15, 0.2) is 18.3 Å². The molecule has 2 heterocycles. The van der Waals surface area contributed by atoms with Crippen molar-refractivity contribution in [2.45, 2.75) is 25.4 Å². The topological polar surface area (TPSA) is 59.2 Å². The van der Waals surface area contributed by atoms with Gasteiger partial charge in [0.05, 0.1) is 6.04 Å². The fraction of sp³-hybridized carbons (Fsp3) is 0.538. The Bertz CT molecular complexity index is 424. The Kier molecular flexibility index (Phi) is 4.60. The first-order chi connectivity index (χ1) is 8.72. The maximum atomic E-state index is 12.2. The van der Waals surface area contributed by atoms with E-state index in [1.54, 1.807) is 18.0 Å². The van der Waals surface area contributed by atoms with E-state index in [-0.39, 0.29) is 11.9 Å². The van der Waals surface area contributed by atoms with Gasteiger partial charge in [-0.3, -0.25) is 9.78 Å². The van der Waals surface area contributed by atoms with E-state index >= 15 is 0 Å². The van der Waals surface area contributed by atoms with Crippen LogP contribution >= 0.6 is 11.8 Å². The second kappa shape index (κ2) is 6.20. The molecule has 0 aromatic carbocycles. The van der Waals surface area contributed by atoms with Crippen LogP contribution in [0.2, 0.25) is 0 Å². The molecular weight excluding hydrogens is 246 g/mol. The van der Waals surface area contributed by atoms with Crippen molar-refractivity contribution in [2.75, 3.05) is 18.6 Å². The number of thioether (sulfide) groups is 1. The number of amides is 1. The molecule has 4 nitrogen and oxygen atoms in total. The van der Waals surface area contributed by atoms with Crippen molar-refractivity contribution in [1.29, 1.82) is 0 Å². The Hall–Kier alpha value is -1.07. The lowest BCUT2D eigenvalue weighted by Crippen LogP contribution is -2.46. The molecule has 0 aliphatic carbocycles. The van der Waals surface area contributed by atoms with Crippen LogP contribution in [0, 0.1) is 0 Å². The van der Waals surface area contributed by atoms with Gasteiger partial charge in [0.15, 0.2) is 0 Å². The second-order valence-corrected chi connectivity index (χ2v) is 5.49. The Balaban J connectivity index is 1.98. The summed E-state index contributed by atoms with van der Waals surface area (Å²) in [4.78, 5) is 18.4. The van der Waals surface area contributed by atoms with Crippen LogP contribution in [0.25, 0.3) is 0 Å². The fourth-order valence-corrected chi connectivity index (χ4v) is 2.65. The highest BCUT2D eigenvalue weighted by Crippen LogP contribution is 2.17. The van der Waals surface area contributed by atoms with Crippen molar-refractivity contribution < 1.29 is 4.79 Å². The van der Waals surface area contributed by atoms with Crippen LogP contribution in [0.4, 0.5) is 0 Å². The number of carbonyl (C=O) groups excluding carboxylic acids is 1. The molecule has 1 aromatic rings. The van der Waals surface area contributed by atoms with Gasteiger partial charge in [-0.25, -0.2) is 0 Å². The normalized spacial score (nSPS) is 16.2. The lowest BCUT2D eigenvalue weighted by Gasteiger charge is -2.30. The van der Waals surface area contributed by atoms with Crippen LogP contribution in [0.5, 0.6) is 0 Å². The van der Waals surface area contributed by atoms with Crippen molar-refractivity contribution in [2.24, 2.45) is 5.73 Å². The molecule has 2 N–H and O–H groups in total. The first-order valence-corrected chi connectivity index (χ1v) is 7.58. The molecule has 0 saturated heterocycles. The van der Waals surface area contributed by atoms with Gasteiger partial charge >= 0.3 is 0 Å². The summed E-state index contributed by atoms with van der Waals surface area (Å²) in [6.45, 7) is 1.38. The van der Waals surface area contributed by atoms with Gasteiger partial charge in [-0.1, -0.05) is 6.07 Å². The maximum Gasteiger partial charge on any atom is 0.239 e. The Morgan fingerprint density at radius 3 is 3.28 bits per heavy atom. The molecular formula is C13H19N3OS. The Morgan fingerprint density at radius 2 is 2.50 bits per heavy atom. The summed E-state index contributed by atoms with van der Waals surface area (Å²) in [5.74, 6) is 0.998. The zero-order chi connectivity index (χ0) is 13.0. The lowest BCUT2D eigenvalue weighted by molar-refractivity contribution is -0.133. The van der Waals surface area contributed by atoms with Crippen LogP contribution in [0.1, 0.15) is 17.7 Å². The molecule has 0 bridgehead atoms. The van der Waals surface area contributed by atoms with Gasteiger partial charge < -0.3 is 10.6 Å². The number of fused-ring (bicyclic) bond motifs is 1. The third-order valence-corrected chi connectivity index (χ3v) is 3.87. The van der Waals surface area contributed by atoms with E-state index in [1.807, 2.05) is 23.3 Å². The molecule has 98 valence electrons. The largest absolute Gasteiger partial charge is 0.337 e. The number of pyridine rings is 1. The number of hydrogen-bond acceptors (Lipinski definition) is 4. The highest BCUT2D eigenvalue weighted by Gasteiger charge is 2.24. The second-order valence-electron chi connectivity index (χ2n) is 4.51. The Labute approximate surface area is 112 Å². The van der Waals surface area contributed by atoms with E-state index in [9.17, 15) is 4.79 Å². The average molecular weight is 265 g/mol. The first-order valence-electron chi connectivity index (χ1n) is 6.18. The maximum absolute atomic E-state index is 12.2. The number of carbonyl (C=O) groups is 1. The smallest absolute Gasteiger partial charge is 0.239 e. The van der Waals surface area contributed by atoms with Gasteiger partial charge in [0, 0.05) is 31.4 Å². The number of hydrogen-bond donors (Lipinski definition) is 1. The van der Waals surface area contributed by atoms with Gasteiger partial charge in [0.2, 0.25) is 5.91 Å². The van der Waals surface area contributed by atoms with Crippen LogP contribution < -0.4 is 5.73 Å². The molecule has 5 heteroatoms. The third kappa shape index (κ3) is 3.03. The quantitative estimate of drug-likeness (QED) is 0.884. The molecule has 0 radical (unpaired) electrons. The van der Waals surface area contributed by atoms with Crippen molar-refractivity contribution in [3.8, 4) is 0 Å². The van der Waals surface area contributed by atoms with Crippen molar-refractivity contribution in [1.82, 2.24) is 9.88 Å². The molecule has 1 aromatic heterocycles. The minimum atomic E-state index is -0.365. The fourth-order valence-electron chi connectivity index (χ4n) is 2.16. The summed E-state index contributed by atoms with van der Waals surface area (Å²) in [5.41, 5.74) is 8.19. The van der Waals surface area contributed by atoms with Gasteiger partial charge in [-0.05, 0) is 30.1 Å². The van der Waals surface area contributed by atoms with Crippen molar-refractivity contribution in [3.63, 3.8) is 0 Å². The molecule has 1 aliphatic rings. The van der Waals surface area contributed by atoms with Crippen molar-refractivity contribution in [3.05, 3.63) is 29.6 Å². The van der Waals surface area contributed by atoms with Gasteiger partial charge in [-0.15, -0.1) is 0 Å². The minimum Gasteiger partial charge on any atom is -0.337 e. The van der Waals surface area contributed by atoms with E-state index in [1.165, 1.54) is 0 Å². The lowest BCUT2D eigenvalue weighted by atomic mass is 10.0. The summed E-state index contributed by atoms with van der Waals surface area (Å²) < 4.78 is 0. The predicted molar refractivity (Wildman–Crippen MR) is 74.3 cm³/mol.